The fourth-order valence-electron chi connectivity index (χ4n) is 2.01. The maximum atomic E-state index is 8.81. The second-order valence-corrected chi connectivity index (χ2v) is 5.83. The number of nitriles is 1. The number of rotatable bonds is 2. The van der Waals surface area contributed by atoms with Crippen LogP contribution in [0.15, 0.2) is 24.3 Å². The maximum Gasteiger partial charge on any atom is 0.163 e. The van der Waals surface area contributed by atoms with Gasteiger partial charge in [0.1, 0.15) is 0 Å². The first-order valence-corrected chi connectivity index (χ1v) is 7.19. The average molecular weight is 263 g/mol. The van der Waals surface area contributed by atoms with Crippen molar-refractivity contribution < 1.29 is 9.47 Å². The van der Waals surface area contributed by atoms with Crippen molar-refractivity contribution in [1.29, 1.82) is 5.26 Å². The molecule has 1 saturated heterocycles. The number of thioether (sulfide) groups is 1. The lowest BCUT2D eigenvalue weighted by Crippen LogP contribution is -2.42. The predicted molar refractivity (Wildman–Crippen MR) is 72.3 cm³/mol. The van der Waals surface area contributed by atoms with Crippen LogP contribution in [0.1, 0.15) is 31.1 Å². The molecule has 2 atom stereocenters. The lowest BCUT2D eigenvalue weighted by atomic mass is 10.0. The number of hydrogen-bond donors (Lipinski definition) is 0. The fraction of sp³-hybridized carbons (Fsp3) is 0.500. The van der Waals surface area contributed by atoms with Crippen LogP contribution in [0, 0.1) is 11.3 Å². The van der Waals surface area contributed by atoms with Crippen LogP contribution < -0.4 is 0 Å². The van der Waals surface area contributed by atoms with E-state index in [1.807, 2.05) is 38.1 Å². The number of ether oxygens (including phenoxy) is 2. The molecular weight excluding hydrogens is 246 g/mol. The highest BCUT2D eigenvalue weighted by Crippen LogP contribution is 2.37. The Morgan fingerprint density at radius 2 is 2.00 bits per heavy atom. The minimum Gasteiger partial charge on any atom is -0.349 e. The smallest absolute Gasteiger partial charge is 0.163 e. The van der Waals surface area contributed by atoms with Crippen LogP contribution >= 0.6 is 11.8 Å². The van der Waals surface area contributed by atoms with E-state index in [2.05, 4.69) is 12.3 Å². The van der Waals surface area contributed by atoms with Gasteiger partial charge < -0.3 is 9.47 Å². The first-order valence-electron chi connectivity index (χ1n) is 5.90. The molecule has 1 aliphatic heterocycles. The van der Waals surface area contributed by atoms with E-state index in [0.717, 1.165) is 5.56 Å². The minimum atomic E-state index is -0.551. The maximum absolute atomic E-state index is 8.81. The Kier molecular flexibility index (Phi) is 3.96. The van der Waals surface area contributed by atoms with Gasteiger partial charge in [-0.25, -0.2) is 0 Å². The summed E-state index contributed by atoms with van der Waals surface area (Å²) in [6.45, 7) is 4.54. The standard InChI is InChI=1S/C14H17NO2S/c1-14(2)16-9-12(18-3)13(17-14)11-6-4-10(8-15)5-7-11/h4-7,12-13H,9H2,1-3H3/t12-,13-/m1/s1. The topological polar surface area (TPSA) is 42.2 Å². The summed E-state index contributed by atoms with van der Waals surface area (Å²) in [7, 11) is 0. The lowest BCUT2D eigenvalue weighted by Gasteiger charge is -2.40. The third-order valence-corrected chi connectivity index (χ3v) is 4.00. The Morgan fingerprint density at radius 1 is 1.33 bits per heavy atom. The second kappa shape index (κ2) is 5.31. The molecule has 4 heteroatoms. The van der Waals surface area contributed by atoms with E-state index < -0.39 is 5.79 Å². The highest BCUT2D eigenvalue weighted by Gasteiger charge is 2.36. The molecular formula is C14H17NO2S. The molecule has 1 fully saturated rings. The van der Waals surface area contributed by atoms with Crippen LogP contribution in [0.2, 0.25) is 0 Å². The van der Waals surface area contributed by atoms with Crippen LogP contribution in [0.4, 0.5) is 0 Å². The van der Waals surface area contributed by atoms with Gasteiger partial charge in [-0.2, -0.15) is 17.0 Å². The molecule has 0 saturated carbocycles. The first-order chi connectivity index (χ1) is 8.55. The summed E-state index contributed by atoms with van der Waals surface area (Å²) in [6.07, 6.45) is 2.07. The van der Waals surface area contributed by atoms with Gasteiger partial charge in [-0.05, 0) is 37.8 Å². The van der Waals surface area contributed by atoms with Gasteiger partial charge in [0, 0.05) is 0 Å². The van der Waals surface area contributed by atoms with E-state index in [1.54, 1.807) is 11.8 Å². The fourth-order valence-corrected chi connectivity index (χ4v) is 2.67. The number of hydrogen-bond acceptors (Lipinski definition) is 4. The van der Waals surface area contributed by atoms with Crippen molar-refractivity contribution in [1.82, 2.24) is 0 Å². The van der Waals surface area contributed by atoms with E-state index >= 15 is 0 Å². The third-order valence-electron chi connectivity index (χ3n) is 3.01. The molecule has 0 unspecified atom stereocenters. The summed E-state index contributed by atoms with van der Waals surface area (Å²) in [6, 6.07) is 9.72. The van der Waals surface area contributed by atoms with Crippen LogP contribution in [0.25, 0.3) is 0 Å². The molecule has 1 aromatic rings. The molecule has 0 bridgehead atoms. The Hall–Kier alpha value is -1.02. The quantitative estimate of drug-likeness (QED) is 0.822. The number of benzene rings is 1. The molecule has 1 heterocycles. The average Bonchev–Trinajstić information content (AvgIpc) is 2.38. The summed E-state index contributed by atoms with van der Waals surface area (Å²) >= 11 is 1.74. The van der Waals surface area contributed by atoms with Crippen molar-refractivity contribution in [2.45, 2.75) is 31.0 Å². The van der Waals surface area contributed by atoms with Gasteiger partial charge in [0.2, 0.25) is 0 Å². The molecule has 3 nitrogen and oxygen atoms in total. The molecule has 0 radical (unpaired) electrons. The summed E-state index contributed by atoms with van der Waals surface area (Å²) in [4.78, 5) is 0. The molecule has 0 amide bonds. The zero-order chi connectivity index (χ0) is 13.2. The largest absolute Gasteiger partial charge is 0.349 e. The van der Waals surface area contributed by atoms with Crippen LogP contribution in [-0.2, 0) is 9.47 Å². The zero-order valence-electron chi connectivity index (χ0n) is 10.8. The van der Waals surface area contributed by atoms with E-state index in [1.165, 1.54) is 0 Å². The van der Waals surface area contributed by atoms with E-state index in [9.17, 15) is 0 Å². The van der Waals surface area contributed by atoms with Crippen LogP contribution in [0.5, 0.6) is 0 Å². The lowest BCUT2D eigenvalue weighted by molar-refractivity contribution is -0.272. The Bertz CT molecular complexity index is 450. The van der Waals surface area contributed by atoms with Crippen LogP contribution in [-0.4, -0.2) is 23.9 Å². The van der Waals surface area contributed by atoms with Gasteiger partial charge in [-0.15, -0.1) is 0 Å². The summed E-state index contributed by atoms with van der Waals surface area (Å²) in [5.74, 6) is -0.551. The number of nitrogens with zero attached hydrogens (tertiary/aromatic N) is 1. The molecule has 0 N–H and O–H groups in total. The monoisotopic (exact) mass is 263 g/mol. The summed E-state index contributed by atoms with van der Waals surface area (Å²) in [5.41, 5.74) is 1.77. The van der Waals surface area contributed by atoms with Gasteiger partial charge in [0.25, 0.3) is 0 Å². The Labute approximate surface area is 112 Å². The Balaban J connectivity index is 2.24. The van der Waals surface area contributed by atoms with Gasteiger partial charge in [-0.1, -0.05) is 12.1 Å². The van der Waals surface area contributed by atoms with E-state index in [4.69, 9.17) is 14.7 Å². The molecule has 2 rings (SSSR count). The molecule has 0 aliphatic carbocycles. The first kappa shape index (κ1) is 13.4. The molecule has 0 aromatic heterocycles. The van der Waals surface area contributed by atoms with Gasteiger partial charge in [-0.3, -0.25) is 0 Å². The summed E-state index contributed by atoms with van der Waals surface area (Å²) < 4.78 is 11.7. The van der Waals surface area contributed by atoms with Crippen molar-refractivity contribution in [3.63, 3.8) is 0 Å². The van der Waals surface area contributed by atoms with E-state index in [0.29, 0.717) is 12.2 Å². The molecule has 18 heavy (non-hydrogen) atoms. The van der Waals surface area contributed by atoms with E-state index in [-0.39, 0.29) is 11.4 Å². The van der Waals surface area contributed by atoms with Gasteiger partial charge in [0.05, 0.1) is 29.6 Å². The second-order valence-electron chi connectivity index (χ2n) is 4.76. The zero-order valence-corrected chi connectivity index (χ0v) is 11.7. The Morgan fingerprint density at radius 3 is 2.56 bits per heavy atom. The minimum absolute atomic E-state index is 0.0106. The van der Waals surface area contributed by atoms with Crippen molar-refractivity contribution in [2.24, 2.45) is 0 Å². The SMILES string of the molecule is CS[C@@H]1COC(C)(C)O[C@@H]1c1ccc(C#N)cc1. The third kappa shape index (κ3) is 2.86. The molecule has 0 spiro atoms. The van der Waals surface area contributed by atoms with Crippen molar-refractivity contribution in [3.05, 3.63) is 35.4 Å². The molecule has 1 aliphatic rings. The van der Waals surface area contributed by atoms with Gasteiger partial charge >= 0.3 is 0 Å². The van der Waals surface area contributed by atoms with Crippen molar-refractivity contribution in [2.75, 3.05) is 12.9 Å². The summed E-state index contributed by atoms with van der Waals surface area (Å²) in [5, 5.41) is 9.10. The molecule has 1 aromatic carbocycles. The van der Waals surface area contributed by atoms with Gasteiger partial charge in [0.15, 0.2) is 5.79 Å². The van der Waals surface area contributed by atoms with Crippen LogP contribution in [0.3, 0.4) is 0 Å². The normalized spacial score (nSPS) is 26.6. The predicted octanol–water partition coefficient (Wildman–Crippen LogP) is 3.11. The van der Waals surface area contributed by atoms with Crippen molar-refractivity contribution in [3.8, 4) is 6.07 Å². The molecule has 96 valence electrons. The van der Waals surface area contributed by atoms with Crippen molar-refractivity contribution >= 4 is 11.8 Å². The highest BCUT2D eigenvalue weighted by molar-refractivity contribution is 7.99. The highest BCUT2D eigenvalue weighted by atomic mass is 32.2.